The molecular weight excluding hydrogens is 411 g/mol. The molecule has 3 amide bonds. The van der Waals surface area contributed by atoms with Crippen LogP contribution in [0.4, 0.5) is 18.9 Å². The van der Waals surface area contributed by atoms with Crippen molar-refractivity contribution in [1.29, 1.82) is 0 Å². The molecule has 0 aromatic heterocycles. The van der Waals surface area contributed by atoms with Gasteiger partial charge < -0.3 is 15.1 Å². The Balaban J connectivity index is 1.51. The minimum absolute atomic E-state index is 0.199. The van der Waals surface area contributed by atoms with Crippen LogP contribution in [0.15, 0.2) is 42.5 Å². The number of piperidine rings is 1. The number of likely N-dealkylation sites (N-methyl/N-ethyl adjacent to an activating group) is 1. The lowest BCUT2D eigenvalue weighted by Crippen LogP contribution is -2.45. The summed E-state index contributed by atoms with van der Waals surface area (Å²) >= 11 is 0. The van der Waals surface area contributed by atoms with Crippen LogP contribution >= 0.6 is 0 Å². The number of amides is 3. The number of hydrogen-bond donors (Lipinski definition) is 1. The van der Waals surface area contributed by atoms with Gasteiger partial charge in [0.05, 0.1) is 12.1 Å². The van der Waals surface area contributed by atoms with Crippen molar-refractivity contribution >= 4 is 23.4 Å². The van der Waals surface area contributed by atoms with Crippen LogP contribution in [0, 0.1) is 23.4 Å². The molecule has 0 unspecified atom stereocenters. The van der Waals surface area contributed by atoms with E-state index < -0.39 is 29.3 Å². The van der Waals surface area contributed by atoms with E-state index in [-0.39, 0.29) is 37.0 Å². The molecule has 0 spiro atoms. The van der Waals surface area contributed by atoms with E-state index in [4.69, 9.17) is 0 Å². The van der Waals surface area contributed by atoms with E-state index in [1.807, 2.05) is 0 Å². The van der Waals surface area contributed by atoms with Crippen LogP contribution in [0.2, 0.25) is 0 Å². The van der Waals surface area contributed by atoms with Crippen molar-refractivity contribution in [1.82, 2.24) is 9.80 Å². The van der Waals surface area contributed by atoms with Crippen LogP contribution in [-0.2, 0) is 9.59 Å². The Labute approximate surface area is 177 Å². The Morgan fingerprint density at radius 3 is 2.35 bits per heavy atom. The number of carbonyl (C=O) groups excluding carboxylic acids is 3. The van der Waals surface area contributed by atoms with E-state index in [0.29, 0.717) is 24.6 Å². The van der Waals surface area contributed by atoms with Gasteiger partial charge in [0.2, 0.25) is 11.8 Å². The quantitative estimate of drug-likeness (QED) is 0.788. The van der Waals surface area contributed by atoms with E-state index in [1.165, 1.54) is 35.0 Å². The van der Waals surface area contributed by atoms with Gasteiger partial charge in [-0.15, -0.1) is 0 Å². The number of anilines is 1. The fourth-order valence-corrected chi connectivity index (χ4v) is 3.53. The predicted molar refractivity (Wildman–Crippen MR) is 108 cm³/mol. The van der Waals surface area contributed by atoms with Crippen molar-refractivity contribution in [3.8, 4) is 0 Å². The van der Waals surface area contributed by atoms with E-state index >= 15 is 0 Å². The number of nitrogens with one attached hydrogen (secondary N) is 1. The minimum atomic E-state index is -0.924. The summed E-state index contributed by atoms with van der Waals surface area (Å²) in [5, 5.41) is 2.53. The van der Waals surface area contributed by atoms with Gasteiger partial charge in [-0.25, -0.2) is 13.2 Å². The summed E-state index contributed by atoms with van der Waals surface area (Å²) in [6, 6.07) is 8.23. The second-order valence-corrected chi connectivity index (χ2v) is 7.44. The molecule has 0 saturated carbocycles. The van der Waals surface area contributed by atoms with Gasteiger partial charge in [-0.1, -0.05) is 6.07 Å². The average molecular weight is 433 g/mol. The fourth-order valence-electron chi connectivity index (χ4n) is 3.53. The molecule has 2 aromatic carbocycles. The first-order chi connectivity index (χ1) is 14.7. The number of carbonyl (C=O) groups is 3. The van der Waals surface area contributed by atoms with E-state index in [2.05, 4.69) is 5.32 Å². The zero-order valence-corrected chi connectivity index (χ0v) is 16.9. The Morgan fingerprint density at radius 2 is 1.71 bits per heavy atom. The van der Waals surface area contributed by atoms with Crippen LogP contribution in [0.3, 0.4) is 0 Å². The molecule has 0 bridgehead atoms. The molecule has 1 fully saturated rings. The number of likely N-dealkylation sites (tertiary alicyclic amines) is 1. The van der Waals surface area contributed by atoms with Crippen molar-refractivity contribution in [3.05, 3.63) is 65.5 Å². The minimum Gasteiger partial charge on any atom is -0.339 e. The number of benzene rings is 2. The first-order valence-corrected chi connectivity index (χ1v) is 9.79. The molecule has 6 nitrogen and oxygen atoms in total. The van der Waals surface area contributed by atoms with E-state index in [1.54, 1.807) is 6.07 Å². The Morgan fingerprint density at radius 1 is 1.03 bits per heavy atom. The molecule has 3 rings (SSSR count). The lowest BCUT2D eigenvalue weighted by Gasteiger charge is -2.33. The van der Waals surface area contributed by atoms with E-state index in [0.717, 1.165) is 12.1 Å². The highest BCUT2D eigenvalue weighted by atomic mass is 19.1. The van der Waals surface area contributed by atoms with Gasteiger partial charge in [0.15, 0.2) is 0 Å². The number of hydrogen-bond acceptors (Lipinski definition) is 3. The van der Waals surface area contributed by atoms with Crippen LogP contribution in [0.5, 0.6) is 0 Å². The predicted octanol–water partition coefficient (Wildman–Crippen LogP) is 3.05. The standard InChI is InChI=1S/C22H22F3N3O3/c1-27(13-20(29)26-17-4-2-3-15(23)11-17)21(30)14-7-9-28(10-8-14)22(31)18-6-5-16(24)12-19(18)25/h2-6,11-12,14H,7-10,13H2,1H3,(H,26,29). The Kier molecular flexibility index (Phi) is 6.94. The van der Waals surface area contributed by atoms with Gasteiger partial charge >= 0.3 is 0 Å². The first kappa shape index (κ1) is 22.3. The highest BCUT2D eigenvalue weighted by Crippen LogP contribution is 2.22. The third-order valence-corrected chi connectivity index (χ3v) is 5.16. The monoisotopic (exact) mass is 433 g/mol. The largest absolute Gasteiger partial charge is 0.339 e. The molecule has 0 atom stereocenters. The van der Waals surface area contributed by atoms with Gasteiger partial charge in [0.1, 0.15) is 17.5 Å². The summed E-state index contributed by atoms with van der Waals surface area (Å²) in [5.41, 5.74) is 0.0861. The smallest absolute Gasteiger partial charge is 0.256 e. The Hall–Kier alpha value is -3.36. The molecular formula is C22H22F3N3O3. The topological polar surface area (TPSA) is 69.7 Å². The summed E-state index contributed by atoms with van der Waals surface area (Å²) in [6.07, 6.45) is 0.729. The zero-order valence-electron chi connectivity index (χ0n) is 16.9. The highest BCUT2D eigenvalue weighted by Gasteiger charge is 2.30. The summed E-state index contributed by atoms with van der Waals surface area (Å²) in [7, 11) is 1.50. The van der Waals surface area contributed by atoms with Crippen molar-refractivity contribution in [2.24, 2.45) is 5.92 Å². The van der Waals surface area contributed by atoms with Crippen LogP contribution in [0.1, 0.15) is 23.2 Å². The second kappa shape index (κ2) is 9.63. The molecule has 31 heavy (non-hydrogen) atoms. The normalized spacial score (nSPS) is 14.3. The van der Waals surface area contributed by atoms with Gasteiger partial charge in [0, 0.05) is 37.8 Å². The summed E-state index contributed by atoms with van der Waals surface area (Å²) in [4.78, 5) is 40.0. The van der Waals surface area contributed by atoms with Crippen LogP contribution in [-0.4, -0.2) is 54.2 Å². The third-order valence-electron chi connectivity index (χ3n) is 5.16. The molecule has 1 N–H and O–H groups in total. The van der Waals surface area contributed by atoms with Gasteiger partial charge in [-0.2, -0.15) is 0 Å². The molecule has 1 aliphatic rings. The molecule has 1 saturated heterocycles. The van der Waals surface area contributed by atoms with Crippen LogP contribution in [0.25, 0.3) is 0 Å². The summed E-state index contributed by atoms with van der Waals surface area (Å²) in [5.74, 6) is -3.80. The van der Waals surface area contributed by atoms with Gasteiger partial charge in [-0.3, -0.25) is 14.4 Å². The van der Waals surface area contributed by atoms with Crippen molar-refractivity contribution < 1.29 is 27.6 Å². The van der Waals surface area contributed by atoms with E-state index in [9.17, 15) is 27.6 Å². The average Bonchev–Trinajstić information content (AvgIpc) is 2.72. The molecule has 1 aliphatic heterocycles. The van der Waals surface area contributed by atoms with Crippen molar-refractivity contribution in [3.63, 3.8) is 0 Å². The lowest BCUT2D eigenvalue weighted by molar-refractivity contribution is -0.138. The van der Waals surface area contributed by atoms with Crippen molar-refractivity contribution in [2.75, 3.05) is 32.0 Å². The summed E-state index contributed by atoms with van der Waals surface area (Å²) < 4.78 is 40.1. The molecule has 1 heterocycles. The highest BCUT2D eigenvalue weighted by molar-refractivity contribution is 5.95. The van der Waals surface area contributed by atoms with Gasteiger partial charge in [-0.05, 0) is 43.2 Å². The fraction of sp³-hybridized carbons (Fsp3) is 0.318. The number of nitrogens with zero attached hydrogens (tertiary/aromatic N) is 2. The molecule has 0 radical (unpaired) electrons. The second-order valence-electron chi connectivity index (χ2n) is 7.44. The Bertz CT molecular complexity index is 991. The molecule has 164 valence electrons. The zero-order chi connectivity index (χ0) is 22.5. The maximum atomic E-state index is 13.9. The molecule has 2 aromatic rings. The van der Waals surface area contributed by atoms with Crippen LogP contribution < -0.4 is 5.32 Å². The lowest BCUT2D eigenvalue weighted by atomic mass is 9.95. The SMILES string of the molecule is CN(CC(=O)Nc1cccc(F)c1)C(=O)C1CCN(C(=O)c2ccc(F)cc2F)CC1. The molecule has 0 aliphatic carbocycles. The maximum absolute atomic E-state index is 13.9. The van der Waals surface area contributed by atoms with Gasteiger partial charge in [0.25, 0.3) is 5.91 Å². The summed E-state index contributed by atoms with van der Waals surface area (Å²) in [6.45, 7) is 0.292. The third kappa shape index (κ3) is 5.62. The van der Waals surface area contributed by atoms with Crippen molar-refractivity contribution in [2.45, 2.75) is 12.8 Å². The number of rotatable bonds is 5. The first-order valence-electron chi connectivity index (χ1n) is 9.79. The molecule has 9 heteroatoms. The maximum Gasteiger partial charge on any atom is 0.256 e. The number of halogens is 3.